The summed E-state index contributed by atoms with van der Waals surface area (Å²) < 4.78 is 0. The number of benzene rings is 4. The van der Waals surface area contributed by atoms with E-state index in [0.29, 0.717) is 11.1 Å². The molecule has 4 aromatic carbocycles. The minimum Gasteiger partial charge on any atom is -0.378 e. The second-order valence-electron chi connectivity index (χ2n) is 10.0. The van der Waals surface area contributed by atoms with Gasteiger partial charge in [0.2, 0.25) is 0 Å². The predicted molar refractivity (Wildman–Crippen MR) is 174 cm³/mol. The van der Waals surface area contributed by atoms with Gasteiger partial charge in [-0.15, -0.1) is 0 Å². The fraction of sp³-hybridized carbons (Fsp3) is 0.118. The van der Waals surface area contributed by atoms with Crippen LogP contribution in [0.1, 0.15) is 31.8 Å². The molecule has 0 fully saturated rings. The smallest absolute Gasteiger partial charge is 0.273 e. The highest BCUT2D eigenvalue weighted by Crippen LogP contribution is 2.18. The van der Waals surface area contributed by atoms with Gasteiger partial charge in [0.1, 0.15) is 5.70 Å². The third-order valence-corrected chi connectivity index (χ3v) is 6.46. The van der Waals surface area contributed by atoms with Gasteiger partial charge in [0.15, 0.2) is 0 Å². The molecule has 43 heavy (non-hydrogen) atoms. The average molecular weight is 575 g/mol. The molecule has 0 radical (unpaired) electrons. The molecule has 0 aromatic heterocycles. The van der Waals surface area contributed by atoms with Crippen LogP contribution in [0.4, 0.5) is 17.1 Å². The van der Waals surface area contributed by atoms with Crippen molar-refractivity contribution in [3.8, 4) is 0 Å². The first-order valence-electron chi connectivity index (χ1n) is 13.6. The second kappa shape index (κ2) is 14.3. The van der Waals surface area contributed by atoms with Gasteiger partial charge in [-0.1, -0.05) is 54.6 Å². The molecule has 0 aliphatic carbocycles. The number of para-hydroxylation sites is 1. The van der Waals surface area contributed by atoms with Crippen LogP contribution in [0.15, 0.2) is 114 Å². The lowest BCUT2D eigenvalue weighted by atomic mass is 10.1. The summed E-state index contributed by atoms with van der Waals surface area (Å²) >= 11 is 0. The predicted octanol–water partition coefficient (Wildman–Crippen LogP) is 4.99. The molecule has 9 heteroatoms. The van der Waals surface area contributed by atoms with Crippen LogP contribution in [0.3, 0.4) is 0 Å². The normalized spacial score (nSPS) is 11.1. The van der Waals surface area contributed by atoms with Crippen LogP contribution < -0.4 is 25.9 Å². The number of carbonyl (C=O) groups excluding carboxylic acids is 3. The number of amides is 3. The maximum atomic E-state index is 13.5. The summed E-state index contributed by atoms with van der Waals surface area (Å²) in [5, 5.41) is 9.57. The zero-order valence-corrected chi connectivity index (χ0v) is 24.5. The van der Waals surface area contributed by atoms with E-state index in [9.17, 15) is 14.4 Å². The number of hydrazone groups is 1. The molecule has 0 heterocycles. The van der Waals surface area contributed by atoms with E-state index in [-0.39, 0.29) is 16.9 Å². The first kappa shape index (κ1) is 30.3. The Morgan fingerprint density at radius 3 is 1.81 bits per heavy atom. The van der Waals surface area contributed by atoms with Crippen LogP contribution in [-0.2, 0) is 4.79 Å². The monoisotopic (exact) mass is 574 g/mol. The lowest BCUT2D eigenvalue weighted by Crippen LogP contribution is -2.31. The van der Waals surface area contributed by atoms with Crippen LogP contribution in [-0.4, -0.2) is 52.1 Å². The van der Waals surface area contributed by atoms with Crippen LogP contribution in [0.25, 0.3) is 6.08 Å². The maximum Gasteiger partial charge on any atom is 0.273 e. The quantitative estimate of drug-likeness (QED) is 0.141. The van der Waals surface area contributed by atoms with Gasteiger partial charge < -0.3 is 20.4 Å². The fourth-order valence-electron chi connectivity index (χ4n) is 4.04. The Balaban J connectivity index is 1.53. The summed E-state index contributed by atoms with van der Waals surface area (Å²) in [5.41, 5.74) is 6.97. The third kappa shape index (κ3) is 8.40. The van der Waals surface area contributed by atoms with Gasteiger partial charge in [-0.25, -0.2) is 5.43 Å². The van der Waals surface area contributed by atoms with E-state index in [4.69, 9.17) is 0 Å². The van der Waals surface area contributed by atoms with Crippen molar-refractivity contribution < 1.29 is 14.4 Å². The Morgan fingerprint density at radius 2 is 1.21 bits per heavy atom. The van der Waals surface area contributed by atoms with Crippen molar-refractivity contribution in [2.45, 2.75) is 0 Å². The van der Waals surface area contributed by atoms with Gasteiger partial charge in [-0.3, -0.25) is 14.4 Å². The first-order chi connectivity index (χ1) is 20.7. The highest BCUT2D eigenvalue weighted by atomic mass is 16.2. The summed E-state index contributed by atoms with van der Waals surface area (Å²) in [6.45, 7) is 0. The molecule has 218 valence electrons. The molecule has 0 aliphatic rings. The Bertz CT molecular complexity index is 1630. The minimum absolute atomic E-state index is 0.0147. The van der Waals surface area contributed by atoms with E-state index in [0.717, 1.165) is 16.9 Å². The summed E-state index contributed by atoms with van der Waals surface area (Å²) in [6, 6.07) is 30.4. The molecule has 4 aromatic rings. The maximum absolute atomic E-state index is 13.5. The number of hydrogen-bond donors (Lipinski definition) is 3. The van der Waals surface area contributed by atoms with Crippen molar-refractivity contribution in [1.82, 2.24) is 10.7 Å². The van der Waals surface area contributed by atoms with Gasteiger partial charge in [-0.05, 0) is 65.7 Å². The highest BCUT2D eigenvalue weighted by Gasteiger charge is 2.18. The molecule has 0 saturated carbocycles. The number of hydrogen-bond acceptors (Lipinski definition) is 6. The largest absolute Gasteiger partial charge is 0.378 e. The Hall–Kier alpha value is -5.70. The number of carbonyl (C=O) groups is 3. The lowest BCUT2D eigenvalue weighted by Gasteiger charge is -2.14. The lowest BCUT2D eigenvalue weighted by molar-refractivity contribution is -0.113. The molecule has 0 unspecified atom stereocenters. The molecular formula is C34H34N6O3. The second-order valence-corrected chi connectivity index (χ2v) is 10.0. The van der Waals surface area contributed by atoms with Gasteiger partial charge in [-0.2, -0.15) is 5.10 Å². The van der Waals surface area contributed by atoms with Crippen molar-refractivity contribution in [3.05, 3.63) is 131 Å². The number of anilines is 3. The van der Waals surface area contributed by atoms with Crippen LogP contribution in [0.5, 0.6) is 0 Å². The molecule has 3 N–H and O–H groups in total. The van der Waals surface area contributed by atoms with Gasteiger partial charge in [0, 0.05) is 45.1 Å². The first-order valence-corrected chi connectivity index (χ1v) is 13.6. The van der Waals surface area contributed by atoms with Crippen LogP contribution in [0.2, 0.25) is 0 Å². The summed E-state index contributed by atoms with van der Waals surface area (Å²) in [6.07, 6.45) is 3.13. The van der Waals surface area contributed by atoms with Crippen LogP contribution in [0, 0.1) is 0 Å². The van der Waals surface area contributed by atoms with E-state index in [1.54, 1.807) is 66.9 Å². The summed E-state index contributed by atoms with van der Waals surface area (Å²) in [5.74, 6) is -1.54. The Kier molecular flexibility index (Phi) is 10.0. The van der Waals surface area contributed by atoms with E-state index in [1.165, 1.54) is 0 Å². The van der Waals surface area contributed by atoms with Gasteiger partial charge in [0.05, 0.1) is 17.5 Å². The third-order valence-electron chi connectivity index (χ3n) is 6.46. The van der Waals surface area contributed by atoms with Crippen LogP contribution >= 0.6 is 0 Å². The Morgan fingerprint density at radius 1 is 0.651 bits per heavy atom. The van der Waals surface area contributed by atoms with Crippen molar-refractivity contribution in [2.75, 3.05) is 43.3 Å². The molecule has 0 saturated heterocycles. The zero-order chi connectivity index (χ0) is 30.8. The van der Waals surface area contributed by atoms with Crippen molar-refractivity contribution in [2.24, 2.45) is 5.10 Å². The van der Waals surface area contributed by atoms with Crippen molar-refractivity contribution in [1.29, 1.82) is 0 Å². The fourth-order valence-corrected chi connectivity index (χ4v) is 4.04. The molecule has 4 rings (SSSR count). The zero-order valence-electron chi connectivity index (χ0n) is 24.5. The topological polar surface area (TPSA) is 106 Å². The molecule has 3 amide bonds. The van der Waals surface area contributed by atoms with E-state index in [2.05, 4.69) is 21.2 Å². The van der Waals surface area contributed by atoms with E-state index < -0.39 is 17.7 Å². The number of nitrogens with zero attached hydrogens (tertiary/aromatic N) is 3. The summed E-state index contributed by atoms with van der Waals surface area (Å²) in [7, 11) is 7.78. The SMILES string of the molecule is CN(C)c1ccc(/C=N/NC(=O)c2ccccc2NC(=O)/C(=C\c2ccc(N(C)C)cc2)NC(=O)c2ccccc2)cc1. The molecule has 0 aliphatic heterocycles. The minimum atomic E-state index is -0.592. The van der Waals surface area contributed by atoms with E-state index in [1.807, 2.05) is 86.5 Å². The average Bonchev–Trinajstić information content (AvgIpc) is 3.01. The standard InChI is InChI=1S/C34H34N6O3/c1-39(2)27-18-14-24(15-19-27)22-31(37-32(41)26-10-6-5-7-11-26)34(43)36-30-13-9-8-12-29(30)33(42)38-35-23-25-16-20-28(21-17-25)40(3)4/h5-23H,1-4H3,(H,36,43)(H,37,41)(H,38,42)/b31-22+,35-23+. The summed E-state index contributed by atoms with van der Waals surface area (Å²) in [4.78, 5) is 43.5. The molecule has 0 bridgehead atoms. The number of rotatable bonds is 10. The molecule has 0 atom stereocenters. The molecule has 0 spiro atoms. The molecule has 9 nitrogen and oxygen atoms in total. The van der Waals surface area contributed by atoms with Crippen molar-refractivity contribution in [3.63, 3.8) is 0 Å². The Labute approximate surface area is 251 Å². The number of nitrogens with one attached hydrogen (secondary N) is 3. The highest BCUT2D eigenvalue weighted by molar-refractivity contribution is 6.13. The molecular weight excluding hydrogens is 540 g/mol. The van der Waals surface area contributed by atoms with Gasteiger partial charge >= 0.3 is 0 Å². The van der Waals surface area contributed by atoms with Gasteiger partial charge in [0.25, 0.3) is 17.7 Å². The van der Waals surface area contributed by atoms with Crippen molar-refractivity contribution >= 4 is 47.1 Å². The van der Waals surface area contributed by atoms with E-state index >= 15 is 0 Å².